The summed E-state index contributed by atoms with van der Waals surface area (Å²) in [7, 11) is 0. The number of aliphatic hydroxyl groups excluding tert-OH is 1. The van der Waals surface area contributed by atoms with Gasteiger partial charge in [-0.3, -0.25) is 5.32 Å². The van der Waals surface area contributed by atoms with Crippen molar-refractivity contribution >= 4 is 5.97 Å². The van der Waals surface area contributed by atoms with E-state index in [-0.39, 0.29) is 0 Å². The van der Waals surface area contributed by atoms with Crippen molar-refractivity contribution < 1.29 is 28.2 Å². The number of carbonyl (C=O) groups is 1. The van der Waals surface area contributed by atoms with Crippen LogP contribution in [0.1, 0.15) is 26.2 Å². The summed E-state index contributed by atoms with van der Waals surface area (Å²) in [5, 5.41) is 20.0. The Balaban J connectivity index is 2.84. The number of nitrogens with one attached hydrogen (secondary N) is 1. The third kappa shape index (κ3) is 2.30. The zero-order chi connectivity index (χ0) is 12.6. The molecular weight excluding hydrogens is 227 g/mol. The molecule has 0 amide bonds. The summed E-state index contributed by atoms with van der Waals surface area (Å²) in [6, 6.07) is -0.817. The van der Waals surface area contributed by atoms with Crippen molar-refractivity contribution in [1.29, 1.82) is 0 Å². The average Bonchev–Trinajstić information content (AvgIpc) is 2.49. The molecule has 7 heteroatoms. The van der Waals surface area contributed by atoms with Crippen molar-refractivity contribution in [2.24, 2.45) is 0 Å². The second kappa shape index (κ2) is 4.21. The Hall–Kier alpha value is -0.820. The fourth-order valence-electron chi connectivity index (χ4n) is 1.74. The van der Waals surface area contributed by atoms with Crippen LogP contribution in [-0.2, 0) is 4.79 Å². The molecule has 0 aromatic heterocycles. The minimum absolute atomic E-state index is 0.347. The molecule has 94 valence electrons. The highest BCUT2D eigenvalue weighted by atomic mass is 19.4. The van der Waals surface area contributed by atoms with E-state index in [0.29, 0.717) is 26.2 Å². The van der Waals surface area contributed by atoms with E-state index in [1.54, 1.807) is 0 Å². The first-order chi connectivity index (χ1) is 7.18. The highest BCUT2D eigenvalue weighted by Gasteiger charge is 2.58. The van der Waals surface area contributed by atoms with Crippen LogP contribution in [0.2, 0.25) is 0 Å². The molecule has 0 aliphatic heterocycles. The Morgan fingerprint density at radius 1 is 1.38 bits per heavy atom. The first-order valence-electron chi connectivity index (χ1n) is 4.94. The van der Waals surface area contributed by atoms with E-state index in [9.17, 15) is 23.1 Å². The Bertz CT molecular complexity index is 282. The number of hydrogen-bond donors (Lipinski definition) is 3. The predicted molar refractivity (Wildman–Crippen MR) is 48.9 cm³/mol. The van der Waals surface area contributed by atoms with E-state index in [0.717, 1.165) is 0 Å². The minimum atomic E-state index is -4.90. The first-order valence-corrected chi connectivity index (χ1v) is 4.94. The third-order valence-electron chi connectivity index (χ3n) is 2.95. The van der Waals surface area contributed by atoms with Gasteiger partial charge in [-0.05, 0) is 26.2 Å². The quantitative estimate of drug-likeness (QED) is 0.686. The molecule has 1 aliphatic rings. The van der Waals surface area contributed by atoms with Gasteiger partial charge in [-0.25, -0.2) is 4.79 Å². The Morgan fingerprint density at radius 3 is 2.25 bits per heavy atom. The van der Waals surface area contributed by atoms with Crippen LogP contribution in [0.4, 0.5) is 13.2 Å². The van der Waals surface area contributed by atoms with Crippen molar-refractivity contribution in [2.75, 3.05) is 0 Å². The summed E-state index contributed by atoms with van der Waals surface area (Å²) in [5.74, 6) is -1.99. The number of carboxylic acids is 1. The number of hydrogen-bond acceptors (Lipinski definition) is 3. The molecule has 0 spiro atoms. The van der Waals surface area contributed by atoms with Crippen LogP contribution >= 0.6 is 0 Å². The van der Waals surface area contributed by atoms with Gasteiger partial charge in [0, 0.05) is 6.04 Å². The highest BCUT2D eigenvalue weighted by Crippen LogP contribution is 2.33. The summed E-state index contributed by atoms with van der Waals surface area (Å²) in [6.45, 7) is 0.570. The number of aliphatic hydroxyl groups is 1. The first kappa shape index (κ1) is 13.2. The molecule has 0 heterocycles. The summed E-state index contributed by atoms with van der Waals surface area (Å²) >= 11 is 0. The fraction of sp³-hybridized carbons (Fsp3) is 0.889. The molecule has 3 unspecified atom stereocenters. The Morgan fingerprint density at radius 2 is 1.94 bits per heavy atom. The van der Waals surface area contributed by atoms with Gasteiger partial charge in [0.2, 0.25) is 5.54 Å². The van der Waals surface area contributed by atoms with E-state index < -0.39 is 29.8 Å². The maximum absolute atomic E-state index is 12.6. The zero-order valence-corrected chi connectivity index (χ0v) is 8.71. The smallest absolute Gasteiger partial charge is 0.417 e. The standard InChI is InChI=1S/C9H14F3NO3/c1-8(7(15)16,9(10,11)12)13-5-3-2-4-6(5)14/h5-6,13-14H,2-4H2,1H3,(H,15,16). The molecular formula is C9H14F3NO3. The SMILES string of the molecule is CC(NC1CCCC1O)(C(=O)O)C(F)(F)F. The summed E-state index contributed by atoms with van der Waals surface area (Å²) in [6.07, 6.45) is -4.49. The third-order valence-corrected chi connectivity index (χ3v) is 2.95. The molecule has 1 saturated carbocycles. The van der Waals surface area contributed by atoms with Gasteiger partial charge in [-0.2, -0.15) is 13.2 Å². The molecule has 1 aliphatic carbocycles. The van der Waals surface area contributed by atoms with Crippen molar-refractivity contribution in [3.05, 3.63) is 0 Å². The molecule has 0 aromatic carbocycles. The van der Waals surface area contributed by atoms with Gasteiger partial charge in [0.25, 0.3) is 0 Å². The van der Waals surface area contributed by atoms with Crippen LogP contribution in [0.5, 0.6) is 0 Å². The number of carboxylic acid groups (broad SMARTS) is 1. The number of aliphatic carboxylic acids is 1. The molecule has 3 N–H and O–H groups in total. The number of alkyl halides is 3. The second-order valence-corrected chi connectivity index (χ2v) is 4.18. The van der Waals surface area contributed by atoms with E-state index in [2.05, 4.69) is 0 Å². The molecule has 16 heavy (non-hydrogen) atoms. The molecule has 0 aromatic rings. The van der Waals surface area contributed by atoms with Crippen LogP contribution in [0, 0.1) is 0 Å². The lowest BCUT2D eigenvalue weighted by Crippen LogP contribution is -2.64. The average molecular weight is 241 g/mol. The minimum Gasteiger partial charge on any atom is -0.480 e. The van der Waals surface area contributed by atoms with Crippen LogP contribution < -0.4 is 5.32 Å². The summed E-state index contributed by atoms with van der Waals surface area (Å²) < 4.78 is 37.8. The van der Waals surface area contributed by atoms with Gasteiger partial charge in [0.1, 0.15) is 0 Å². The lowest BCUT2D eigenvalue weighted by molar-refractivity contribution is -0.208. The summed E-state index contributed by atoms with van der Waals surface area (Å²) in [5.41, 5.74) is -3.01. The maximum Gasteiger partial charge on any atom is 0.417 e. The lowest BCUT2D eigenvalue weighted by atomic mass is 9.99. The molecule has 0 radical (unpaired) electrons. The van der Waals surface area contributed by atoms with Crippen molar-refractivity contribution in [2.45, 2.75) is 50.0 Å². The van der Waals surface area contributed by atoms with E-state index in [1.165, 1.54) is 0 Å². The van der Waals surface area contributed by atoms with Gasteiger partial charge in [0.05, 0.1) is 6.10 Å². The van der Waals surface area contributed by atoms with E-state index >= 15 is 0 Å². The normalized spacial score (nSPS) is 30.1. The number of rotatable bonds is 3. The Kier molecular flexibility index (Phi) is 3.49. The van der Waals surface area contributed by atoms with Crippen LogP contribution in [0.25, 0.3) is 0 Å². The van der Waals surface area contributed by atoms with Gasteiger partial charge in [-0.15, -0.1) is 0 Å². The van der Waals surface area contributed by atoms with Gasteiger partial charge in [-0.1, -0.05) is 0 Å². The van der Waals surface area contributed by atoms with Crippen molar-refractivity contribution in [3.63, 3.8) is 0 Å². The summed E-state index contributed by atoms with van der Waals surface area (Å²) in [4.78, 5) is 10.7. The zero-order valence-electron chi connectivity index (χ0n) is 8.71. The molecule has 1 fully saturated rings. The van der Waals surface area contributed by atoms with Crippen LogP contribution in [0.15, 0.2) is 0 Å². The molecule has 0 bridgehead atoms. The lowest BCUT2D eigenvalue weighted by Gasteiger charge is -2.32. The largest absolute Gasteiger partial charge is 0.480 e. The maximum atomic E-state index is 12.6. The van der Waals surface area contributed by atoms with Gasteiger partial charge >= 0.3 is 12.1 Å². The van der Waals surface area contributed by atoms with Crippen molar-refractivity contribution in [1.82, 2.24) is 5.32 Å². The predicted octanol–water partition coefficient (Wildman–Crippen LogP) is 0.895. The molecule has 1 rings (SSSR count). The van der Waals surface area contributed by atoms with E-state index in [1.807, 2.05) is 5.32 Å². The van der Waals surface area contributed by atoms with Gasteiger partial charge in [0.15, 0.2) is 0 Å². The van der Waals surface area contributed by atoms with Crippen LogP contribution in [0.3, 0.4) is 0 Å². The Labute approximate surface area is 90.4 Å². The number of halogens is 3. The fourth-order valence-corrected chi connectivity index (χ4v) is 1.74. The van der Waals surface area contributed by atoms with E-state index in [4.69, 9.17) is 5.11 Å². The van der Waals surface area contributed by atoms with Crippen LogP contribution in [-0.4, -0.2) is 40.0 Å². The molecule has 0 saturated heterocycles. The van der Waals surface area contributed by atoms with Crippen molar-refractivity contribution in [3.8, 4) is 0 Å². The highest BCUT2D eigenvalue weighted by molar-refractivity contribution is 5.79. The monoisotopic (exact) mass is 241 g/mol. The van der Waals surface area contributed by atoms with Gasteiger partial charge < -0.3 is 10.2 Å². The molecule has 3 atom stereocenters. The topological polar surface area (TPSA) is 69.6 Å². The molecule has 4 nitrogen and oxygen atoms in total. The second-order valence-electron chi connectivity index (χ2n) is 4.18.